The van der Waals surface area contributed by atoms with E-state index in [0.717, 1.165) is 5.56 Å². The number of halogens is 3. The first-order chi connectivity index (χ1) is 8.21. The largest absolute Gasteiger partial charge is 0.417 e. The van der Waals surface area contributed by atoms with Gasteiger partial charge in [-0.25, -0.2) is 4.99 Å². The highest BCUT2D eigenvalue weighted by Gasteiger charge is 2.42. The Balaban J connectivity index is 2.97. The highest BCUT2D eigenvalue weighted by molar-refractivity contribution is 6.84. The molecule has 5 heteroatoms. The van der Waals surface area contributed by atoms with Crippen LogP contribution in [0.4, 0.5) is 13.2 Å². The Bertz CT molecular complexity index is 435. The van der Waals surface area contributed by atoms with Crippen molar-refractivity contribution in [1.29, 1.82) is 0 Å². The molecule has 0 aliphatic rings. The van der Waals surface area contributed by atoms with Crippen LogP contribution >= 0.6 is 0 Å². The Morgan fingerprint density at radius 1 is 1.17 bits per heavy atom. The first-order valence-corrected chi connectivity index (χ1v) is 9.12. The number of nitrogens with zero attached hydrogens (tertiary/aromatic N) is 1. The van der Waals surface area contributed by atoms with E-state index in [4.69, 9.17) is 0 Å². The normalized spacial score (nSPS) is 11.9. The SMILES string of the molecule is C[Si](C)(C)C(=C=NCc1ccccc1)C(F)(F)F. The summed E-state index contributed by atoms with van der Waals surface area (Å²) in [5.74, 6) is 2.23. The van der Waals surface area contributed by atoms with E-state index in [-0.39, 0.29) is 6.54 Å². The van der Waals surface area contributed by atoms with Gasteiger partial charge in [-0.2, -0.15) is 13.2 Å². The predicted octanol–water partition coefficient (Wildman–Crippen LogP) is 4.22. The fraction of sp³-hybridized carbons (Fsp3) is 0.385. The number of aliphatic imine (C=N–C) groups is 1. The van der Waals surface area contributed by atoms with Gasteiger partial charge in [0.15, 0.2) is 0 Å². The second-order valence-corrected chi connectivity index (χ2v) is 10.0. The van der Waals surface area contributed by atoms with Crippen LogP contribution in [0.2, 0.25) is 19.6 Å². The Hall–Kier alpha value is -1.32. The highest BCUT2D eigenvalue weighted by atomic mass is 28.3. The molecule has 1 nitrogen and oxygen atoms in total. The maximum absolute atomic E-state index is 12.8. The van der Waals surface area contributed by atoms with Crippen LogP contribution in [0.3, 0.4) is 0 Å². The monoisotopic (exact) mass is 271 g/mol. The number of benzene rings is 1. The highest BCUT2D eigenvalue weighted by Crippen LogP contribution is 2.30. The molecule has 0 saturated carbocycles. The lowest BCUT2D eigenvalue weighted by molar-refractivity contribution is -0.0842. The lowest BCUT2D eigenvalue weighted by Gasteiger charge is -2.20. The first kappa shape index (κ1) is 14.7. The van der Waals surface area contributed by atoms with Gasteiger partial charge in [0.05, 0.1) is 19.8 Å². The van der Waals surface area contributed by atoms with Gasteiger partial charge in [0.25, 0.3) is 0 Å². The topological polar surface area (TPSA) is 12.4 Å². The molecule has 0 N–H and O–H groups in total. The molecule has 0 heterocycles. The predicted molar refractivity (Wildman–Crippen MR) is 70.5 cm³/mol. The Labute approximate surface area is 106 Å². The summed E-state index contributed by atoms with van der Waals surface area (Å²) in [5.41, 5.74) is 0.877. The van der Waals surface area contributed by atoms with E-state index >= 15 is 0 Å². The van der Waals surface area contributed by atoms with Crippen molar-refractivity contribution < 1.29 is 13.2 Å². The minimum absolute atomic E-state index is 0.227. The summed E-state index contributed by atoms with van der Waals surface area (Å²) in [6, 6.07) is 9.17. The van der Waals surface area contributed by atoms with Crippen molar-refractivity contribution in [2.45, 2.75) is 32.4 Å². The maximum Gasteiger partial charge on any atom is 0.417 e. The maximum atomic E-state index is 12.8. The van der Waals surface area contributed by atoms with Crippen LogP contribution in [0.25, 0.3) is 0 Å². The zero-order valence-corrected chi connectivity index (χ0v) is 11.7. The van der Waals surface area contributed by atoms with Gasteiger partial charge in [-0.05, 0) is 11.4 Å². The van der Waals surface area contributed by atoms with E-state index in [9.17, 15) is 13.2 Å². The molecule has 18 heavy (non-hydrogen) atoms. The number of alkyl halides is 3. The minimum Gasteiger partial charge on any atom is -0.238 e. The number of rotatable bonds is 3. The van der Waals surface area contributed by atoms with Gasteiger partial charge < -0.3 is 0 Å². The summed E-state index contributed by atoms with van der Waals surface area (Å²) in [5, 5.41) is -0.592. The summed E-state index contributed by atoms with van der Waals surface area (Å²) >= 11 is 0. The van der Waals surface area contributed by atoms with Gasteiger partial charge in [0.1, 0.15) is 0 Å². The van der Waals surface area contributed by atoms with Crippen LogP contribution in [0.5, 0.6) is 0 Å². The zero-order chi connectivity index (χ0) is 13.8. The van der Waals surface area contributed by atoms with E-state index in [1.807, 2.05) is 30.3 Å². The molecule has 0 amide bonds. The van der Waals surface area contributed by atoms with Crippen molar-refractivity contribution in [2.24, 2.45) is 4.99 Å². The number of allylic oxidation sites excluding steroid dienone is 1. The molecule has 0 radical (unpaired) electrons. The molecule has 0 unspecified atom stereocenters. The molecule has 1 aromatic carbocycles. The Morgan fingerprint density at radius 2 is 1.72 bits per heavy atom. The third-order valence-corrected chi connectivity index (χ3v) is 4.22. The molecule has 0 saturated heterocycles. The summed E-state index contributed by atoms with van der Waals surface area (Å²) in [4.78, 5) is 3.80. The zero-order valence-electron chi connectivity index (χ0n) is 10.7. The van der Waals surface area contributed by atoms with Gasteiger partial charge in [-0.1, -0.05) is 50.0 Å². The van der Waals surface area contributed by atoms with Crippen LogP contribution in [0, 0.1) is 0 Å². The molecule has 0 bridgehead atoms. The average molecular weight is 271 g/mol. The van der Waals surface area contributed by atoms with Crippen LogP contribution in [-0.4, -0.2) is 20.1 Å². The molecule has 0 atom stereocenters. The van der Waals surface area contributed by atoms with Gasteiger partial charge in [-0.3, -0.25) is 0 Å². The fourth-order valence-electron chi connectivity index (χ4n) is 1.45. The van der Waals surface area contributed by atoms with Crippen molar-refractivity contribution in [3.05, 3.63) is 41.1 Å². The lowest BCUT2D eigenvalue weighted by atomic mass is 10.2. The molecule has 0 aliphatic heterocycles. The van der Waals surface area contributed by atoms with Crippen molar-refractivity contribution in [3.8, 4) is 0 Å². The quantitative estimate of drug-likeness (QED) is 0.576. The molecule has 0 fully saturated rings. The smallest absolute Gasteiger partial charge is 0.238 e. The summed E-state index contributed by atoms with van der Waals surface area (Å²) < 4.78 is 38.5. The van der Waals surface area contributed by atoms with Crippen molar-refractivity contribution in [2.75, 3.05) is 0 Å². The van der Waals surface area contributed by atoms with Crippen molar-refractivity contribution in [1.82, 2.24) is 0 Å². The van der Waals surface area contributed by atoms with E-state index in [0.29, 0.717) is 0 Å². The van der Waals surface area contributed by atoms with E-state index in [1.54, 1.807) is 19.6 Å². The number of hydrogen-bond acceptors (Lipinski definition) is 1. The fourth-order valence-corrected chi connectivity index (χ4v) is 2.71. The third kappa shape index (κ3) is 4.51. The van der Waals surface area contributed by atoms with Gasteiger partial charge in [-0.15, -0.1) is 0 Å². The lowest BCUT2D eigenvalue weighted by Crippen LogP contribution is -2.34. The summed E-state index contributed by atoms with van der Waals surface area (Å²) in [6.07, 6.45) is -4.33. The number of hydrogen-bond donors (Lipinski definition) is 0. The standard InChI is InChI=1S/C13H16F3NSi/c1-18(2,3)12(13(14,15)16)10-17-9-11-7-5-4-6-8-11/h4-8H,9H2,1-3H3. The summed E-state index contributed by atoms with van der Waals surface area (Å²) in [7, 11) is -2.47. The second kappa shape index (κ2) is 5.55. The molecule has 1 rings (SSSR count). The average Bonchev–Trinajstić information content (AvgIpc) is 2.22. The molecule has 0 aliphatic carbocycles. The molecule has 0 spiro atoms. The molecule has 0 aromatic heterocycles. The van der Waals surface area contributed by atoms with E-state index < -0.39 is 19.4 Å². The molecular weight excluding hydrogens is 255 g/mol. The van der Waals surface area contributed by atoms with E-state index in [2.05, 4.69) is 10.9 Å². The Morgan fingerprint density at radius 3 is 2.17 bits per heavy atom. The Kier molecular flexibility index (Phi) is 4.54. The van der Waals surface area contributed by atoms with Crippen LogP contribution in [0.1, 0.15) is 5.56 Å². The van der Waals surface area contributed by atoms with Gasteiger partial charge in [0, 0.05) is 0 Å². The molecule has 98 valence electrons. The summed E-state index contributed by atoms with van der Waals surface area (Å²) in [6.45, 7) is 5.15. The van der Waals surface area contributed by atoms with Crippen molar-refractivity contribution in [3.63, 3.8) is 0 Å². The first-order valence-electron chi connectivity index (χ1n) is 5.62. The van der Waals surface area contributed by atoms with Crippen LogP contribution in [0.15, 0.2) is 40.5 Å². The molecule has 1 aromatic rings. The van der Waals surface area contributed by atoms with E-state index in [1.165, 1.54) is 0 Å². The van der Waals surface area contributed by atoms with Gasteiger partial charge >= 0.3 is 6.18 Å². The van der Waals surface area contributed by atoms with Crippen LogP contribution < -0.4 is 0 Å². The third-order valence-electron chi connectivity index (χ3n) is 2.33. The second-order valence-electron chi connectivity index (χ2n) is 5.04. The van der Waals surface area contributed by atoms with Crippen molar-refractivity contribution >= 4 is 13.9 Å². The molecular formula is C13H16F3NSi. The van der Waals surface area contributed by atoms with Crippen LogP contribution in [-0.2, 0) is 6.54 Å². The minimum atomic E-state index is -4.33. The van der Waals surface area contributed by atoms with Gasteiger partial charge in [0.2, 0.25) is 0 Å².